The van der Waals surface area contributed by atoms with E-state index in [1.54, 1.807) is 23.1 Å². The molecule has 2 rings (SSSR count). The van der Waals surface area contributed by atoms with Crippen LogP contribution < -0.4 is 5.32 Å². The van der Waals surface area contributed by atoms with Crippen molar-refractivity contribution >= 4 is 29.1 Å². The molecule has 1 aliphatic carbocycles. The maximum atomic E-state index is 12.4. The van der Waals surface area contributed by atoms with Crippen molar-refractivity contribution in [3.05, 3.63) is 28.8 Å². The highest BCUT2D eigenvalue weighted by Gasteiger charge is 2.17. The number of nitrogens with one attached hydrogen (secondary N) is 1. The third-order valence-corrected chi connectivity index (χ3v) is 4.85. The van der Waals surface area contributed by atoms with Crippen LogP contribution in [0.5, 0.6) is 0 Å². The molecule has 138 valence electrons. The molecule has 6 heteroatoms. The van der Waals surface area contributed by atoms with Gasteiger partial charge in [-0.15, -0.1) is 0 Å². The predicted octanol–water partition coefficient (Wildman–Crippen LogP) is 4.11. The predicted molar refractivity (Wildman–Crippen MR) is 100 cm³/mol. The number of carbonyl (C=O) groups is 2. The molecule has 0 unspecified atom stereocenters. The molecular formula is C19H27ClN2O3. The Morgan fingerprint density at radius 2 is 1.88 bits per heavy atom. The van der Waals surface area contributed by atoms with Gasteiger partial charge in [0.05, 0.1) is 16.7 Å². The van der Waals surface area contributed by atoms with E-state index < -0.39 is 0 Å². The zero-order chi connectivity index (χ0) is 18.2. The Balaban J connectivity index is 1.91. The molecule has 0 spiro atoms. The number of benzene rings is 1. The Bertz CT molecular complexity index is 596. The standard InChI is InChI=1S/C19H27ClN2O3/c1-3-22(4-2)19(24)16-11-10-14(12-17(16)20)21-18(23)13-25-15-8-6-5-7-9-15/h10-12,15H,3-9,13H2,1-2H3,(H,21,23). The number of hydrogen-bond acceptors (Lipinski definition) is 3. The smallest absolute Gasteiger partial charge is 0.255 e. The zero-order valence-corrected chi connectivity index (χ0v) is 15.8. The normalized spacial score (nSPS) is 15.0. The SMILES string of the molecule is CCN(CC)C(=O)c1ccc(NC(=O)COC2CCCCC2)cc1Cl. The molecule has 5 nitrogen and oxygen atoms in total. The van der Waals surface area contributed by atoms with Gasteiger partial charge in [-0.2, -0.15) is 0 Å². The number of nitrogens with zero attached hydrogens (tertiary/aromatic N) is 1. The van der Waals surface area contributed by atoms with Gasteiger partial charge in [-0.3, -0.25) is 9.59 Å². The van der Waals surface area contributed by atoms with Crippen molar-refractivity contribution in [2.75, 3.05) is 25.0 Å². The summed E-state index contributed by atoms with van der Waals surface area (Å²) < 4.78 is 5.66. The van der Waals surface area contributed by atoms with Crippen LogP contribution in [-0.4, -0.2) is 42.5 Å². The lowest BCUT2D eigenvalue weighted by atomic mass is 9.98. The van der Waals surface area contributed by atoms with Gasteiger partial charge in [0.2, 0.25) is 5.91 Å². The molecule has 1 aromatic rings. The fourth-order valence-electron chi connectivity index (χ4n) is 3.07. The van der Waals surface area contributed by atoms with Crippen molar-refractivity contribution in [3.8, 4) is 0 Å². The second-order valence-corrected chi connectivity index (χ2v) is 6.70. The molecule has 0 aliphatic heterocycles. The number of carbonyl (C=O) groups excluding carboxylic acids is 2. The van der Waals surface area contributed by atoms with E-state index in [1.807, 2.05) is 13.8 Å². The second-order valence-electron chi connectivity index (χ2n) is 6.29. The van der Waals surface area contributed by atoms with Crippen LogP contribution >= 0.6 is 11.6 Å². The molecule has 1 N–H and O–H groups in total. The van der Waals surface area contributed by atoms with Crippen LogP contribution in [0.4, 0.5) is 5.69 Å². The number of hydrogen-bond donors (Lipinski definition) is 1. The van der Waals surface area contributed by atoms with Crippen LogP contribution in [0.15, 0.2) is 18.2 Å². The molecule has 1 saturated carbocycles. The summed E-state index contributed by atoms with van der Waals surface area (Å²) in [7, 11) is 0. The minimum atomic E-state index is -0.204. The van der Waals surface area contributed by atoms with Gasteiger partial charge in [0, 0.05) is 18.8 Å². The molecule has 1 aromatic carbocycles. The summed E-state index contributed by atoms with van der Waals surface area (Å²) in [6, 6.07) is 4.96. The fraction of sp³-hybridized carbons (Fsp3) is 0.579. The summed E-state index contributed by atoms with van der Waals surface area (Å²) in [5, 5.41) is 3.11. The third kappa shape index (κ3) is 5.72. The molecule has 25 heavy (non-hydrogen) atoms. The van der Waals surface area contributed by atoms with E-state index in [0.717, 1.165) is 12.8 Å². The van der Waals surface area contributed by atoms with E-state index in [2.05, 4.69) is 5.32 Å². The van der Waals surface area contributed by atoms with Gasteiger partial charge in [0.1, 0.15) is 6.61 Å². The van der Waals surface area contributed by atoms with Crippen LogP contribution in [0.3, 0.4) is 0 Å². The minimum absolute atomic E-state index is 0.0441. The second kappa shape index (κ2) is 9.78. The van der Waals surface area contributed by atoms with Crippen molar-refractivity contribution in [2.24, 2.45) is 0 Å². The van der Waals surface area contributed by atoms with E-state index in [-0.39, 0.29) is 24.5 Å². The van der Waals surface area contributed by atoms with Crippen molar-refractivity contribution in [2.45, 2.75) is 52.1 Å². The number of ether oxygens (including phenoxy) is 1. The van der Waals surface area contributed by atoms with Crippen molar-refractivity contribution in [1.29, 1.82) is 0 Å². The zero-order valence-electron chi connectivity index (χ0n) is 15.0. The van der Waals surface area contributed by atoms with Crippen LogP contribution in [0.2, 0.25) is 5.02 Å². The summed E-state index contributed by atoms with van der Waals surface area (Å²) >= 11 is 6.23. The highest BCUT2D eigenvalue weighted by atomic mass is 35.5. The summed E-state index contributed by atoms with van der Waals surface area (Å²) in [5.74, 6) is -0.307. The van der Waals surface area contributed by atoms with Crippen molar-refractivity contribution in [3.63, 3.8) is 0 Å². The van der Waals surface area contributed by atoms with Gasteiger partial charge in [-0.1, -0.05) is 30.9 Å². The molecule has 2 amide bonds. The van der Waals surface area contributed by atoms with E-state index in [4.69, 9.17) is 16.3 Å². The van der Waals surface area contributed by atoms with Crippen molar-refractivity contribution < 1.29 is 14.3 Å². The maximum absolute atomic E-state index is 12.4. The Labute approximate surface area is 154 Å². The summed E-state index contributed by atoms with van der Waals surface area (Å²) in [5.41, 5.74) is 1.01. The lowest BCUT2D eigenvalue weighted by Gasteiger charge is -2.21. The van der Waals surface area contributed by atoms with Gasteiger partial charge < -0.3 is 15.0 Å². The first-order chi connectivity index (χ1) is 12.0. The Hall–Kier alpha value is -1.59. The van der Waals surface area contributed by atoms with Gasteiger partial charge in [0.15, 0.2) is 0 Å². The topological polar surface area (TPSA) is 58.6 Å². The molecule has 0 heterocycles. The van der Waals surface area contributed by atoms with Crippen LogP contribution in [0, 0.1) is 0 Å². The molecule has 0 atom stereocenters. The minimum Gasteiger partial charge on any atom is -0.368 e. The van der Waals surface area contributed by atoms with E-state index in [0.29, 0.717) is 29.4 Å². The van der Waals surface area contributed by atoms with Gasteiger partial charge >= 0.3 is 0 Å². The molecule has 0 aromatic heterocycles. The summed E-state index contributed by atoms with van der Waals surface area (Å²) in [6.07, 6.45) is 5.84. The number of anilines is 1. The summed E-state index contributed by atoms with van der Waals surface area (Å²) in [6.45, 7) is 5.15. The van der Waals surface area contributed by atoms with E-state index in [9.17, 15) is 9.59 Å². The number of rotatable bonds is 7. The van der Waals surface area contributed by atoms with Gasteiger partial charge in [0.25, 0.3) is 5.91 Å². The average Bonchev–Trinajstić information content (AvgIpc) is 2.62. The Morgan fingerprint density at radius 3 is 2.48 bits per heavy atom. The molecule has 1 aliphatic rings. The lowest BCUT2D eigenvalue weighted by Crippen LogP contribution is -2.30. The van der Waals surface area contributed by atoms with Crippen LogP contribution in [-0.2, 0) is 9.53 Å². The van der Waals surface area contributed by atoms with Gasteiger partial charge in [-0.05, 0) is 44.9 Å². The molecule has 0 radical (unpaired) electrons. The largest absolute Gasteiger partial charge is 0.368 e. The molecular weight excluding hydrogens is 340 g/mol. The van der Waals surface area contributed by atoms with E-state index >= 15 is 0 Å². The molecule has 0 saturated heterocycles. The lowest BCUT2D eigenvalue weighted by molar-refractivity contribution is -0.123. The first-order valence-corrected chi connectivity index (χ1v) is 9.43. The fourth-order valence-corrected chi connectivity index (χ4v) is 3.33. The third-order valence-electron chi connectivity index (χ3n) is 4.54. The highest BCUT2D eigenvalue weighted by molar-refractivity contribution is 6.34. The van der Waals surface area contributed by atoms with Crippen LogP contribution in [0.25, 0.3) is 0 Å². The summed E-state index contributed by atoms with van der Waals surface area (Å²) in [4.78, 5) is 26.1. The number of amides is 2. The van der Waals surface area contributed by atoms with E-state index in [1.165, 1.54) is 19.3 Å². The average molecular weight is 367 g/mol. The van der Waals surface area contributed by atoms with Crippen LogP contribution in [0.1, 0.15) is 56.3 Å². The van der Waals surface area contributed by atoms with Gasteiger partial charge in [-0.25, -0.2) is 0 Å². The Morgan fingerprint density at radius 1 is 1.20 bits per heavy atom. The van der Waals surface area contributed by atoms with Crippen molar-refractivity contribution in [1.82, 2.24) is 4.90 Å². The maximum Gasteiger partial charge on any atom is 0.255 e. The number of halogens is 1. The highest BCUT2D eigenvalue weighted by Crippen LogP contribution is 2.23. The quantitative estimate of drug-likeness (QED) is 0.790. The first-order valence-electron chi connectivity index (χ1n) is 9.05. The molecule has 1 fully saturated rings. The molecule has 0 bridgehead atoms. The first kappa shape index (κ1) is 19.7. The monoisotopic (exact) mass is 366 g/mol. The Kier molecular flexibility index (Phi) is 7.72.